The third-order valence-electron chi connectivity index (χ3n) is 5.33. The van der Waals surface area contributed by atoms with Gasteiger partial charge in [-0.3, -0.25) is 4.79 Å². The van der Waals surface area contributed by atoms with E-state index in [0.29, 0.717) is 17.3 Å². The number of carbonyl (C=O) groups is 1. The van der Waals surface area contributed by atoms with Crippen LogP contribution >= 0.6 is 0 Å². The molecule has 1 aliphatic heterocycles. The molecule has 160 valence electrons. The van der Waals surface area contributed by atoms with Crippen LogP contribution in [0.3, 0.4) is 0 Å². The van der Waals surface area contributed by atoms with E-state index >= 15 is 0 Å². The summed E-state index contributed by atoms with van der Waals surface area (Å²) in [5, 5.41) is 3.28. The maximum Gasteiger partial charge on any atom is 0.227 e. The van der Waals surface area contributed by atoms with Gasteiger partial charge in [-0.2, -0.15) is 0 Å². The second-order valence-electron chi connectivity index (χ2n) is 7.47. The van der Waals surface area contributed by atoms with Crippen molar-refractivity contribution in [1.82, 2.24) is 9.97 Å². The molecule has 7 nitrogen and oxygen atoms in total. The van der Waals surface area contributed by atoms with Crippen molar-refractivity contribution in [2.24, 2.45) is 0 Å². The Morgan fingerprint density at radius 3 is 2.55 bits per heavy atom. The maximum absolute atomic E-state index is 11.8. The molecule has 2 heterocycles. The summed E-state index contributed by atoms with van der Waals surface area (Å²) in [5.74, 6) is 1.01. The number of carbonyl (C=O) groups excluding carboxylic acids is 1. The van der Waals surface area contributed by atoms with Gasteiger partial charge in [-0.05, 0) is 55.8 Å². The first-order chi connectivity index (χ1) is 15.0. The molecule has 2 aromatic carbocycles. The molecular weight excluding hydrogens is 392 g/mol. The van der Waals surface area contributed by atoms with Gasteiger partial charge >= 0.3 is 0 Å². The maximum atomic E-state index is 11.8. The molecule has 31 heavy (non-hydrogen) atoms. The molecule has 7 heteroatoms. The molecule has 0 aliphatic carbocycles. The molecule has 1 fully saturated rings. The van der Waals surface area contributed by atoms with E-state index in [1.807, 2.05) is 31.2 Å². The van der Waals surface area contributed by atoms with E-state index in [9.17, 15) is 4.79 Å². The Labute approximate surface area is 182 Å². The number of hydrogen-bond acceptors (Lipinski definition) is 7. The molecule has 0 radical (unpaired) electrons. The van der Waals surface area contributed by atoms with E-state index < -0.39 is 0 Å². The van der Waals surface area contributed by atoms with Gasteiger partial charge in [0, 0.05) is 36.2 Å². The lowest BCUT2D eigenvalue weighted by Crippen LogP contribution is -2.36. The van der Waals surface area contributed by atoms with Crippen molar-refractivity contribution in [1.29, 1.82) is 0 Å². The van der Waals surface area contributed by atoms with Gasteiger partial charge in [0.05, 0.1) is 31.6 Å². The van der Waals surface area contributed by atoms with Crippen molar-refractivity contribution >= 4 is 23.1 Å². The molecule has 0 spiro atoms. The average Bonchev–Trinajstić information content (AvgIpc) is 2.81. The highest BCUT2D eigenvalue weighted by molar-refractivity contribution is 5.97. The summed E-state index contributed by atoms with van der Waals surface area (Å²) in [6.45, 7) is 6.82. The van der Waals surface area contributed by atoms with E-state index in [0.717, 1.165) is 48.8 Å². The summed E-state index contributed by atoms with van der Waals surface area (Å²) < 4.78 is 10.8. The topological polar surface area (TPSA) is 76.6 Å². The number of anilines is 3. The van der Waals surface area contributed by atoms with Crippen LogP contribution in [0.5, 0.6) is 5.75 Å². The molecule has 0 bridgehead atoms. The SMILES string of the molecule is COc1cc(-c2nc(Nc3ccc(N4CCOCC4)cc3)ncc2C)ccc1C(C)=O. The van der Waals surface area contributed by atoms with Crippen LogP contribution in [0, 0.1) is 6.92 Å². The molecule has 0 unspecified atom stereocenters. The van der Waals surface area contributed by atoms with Gasteiger partial charge in [0.1, 0.15) is 5.75 Å². The number of aryl methyl sites for hydroxylation is 1. The second kappa shape index (κ2) is 9.14. The van der Waals surface area contributed by atoms with Gasteiger partial charge < -0.3 is 19.7 Å². The zero-order chi connectivity index (χ0) is 21.8. The zero-order valence-corrected chi connectivity index (χ0v) is 18.0. The van der Waals surface area contributed by atoms with Gasteiger partial charge in [0.15, 0.2) is 5.78 Å². The number of methoxy groups -OCH3 is 1. The Balaban J connectivity index is 1.56. The first-order valence-corrected chi connectivity index (χ1v) is 10.3. The fraction of sp³-hybridized carbons (Fsp3) is 0.292. The lowest BCUT2D eigenvalue weighted by molar-refractivity contribution is 0.101. The highest BCUT2D eigenvalue weighted by atomic mass is 16.5. The molecule has 0 atom stereocenters. The molecule has 0 amide bonds. The highest BCUT2D eigenvalue weighted by Crippen LogP contribution is 2.29. The predicted octanol–water partition coefficient (Wildman–Crippen LogP) is 4.24. The Hall–Kier alpha value is -3.45. The van der Waals surface area contributed by atoms with Crippen LogP contribution in [0.4, 0.5) is 17.3 Å². The number of rotatable bonds is 6. The van der Waals surface area contributed by atoms with Crippen LogP contribution < -0.4 is 15.0 Å². The number of hydrogen-bond donors (Lipinski definition) is 1. The second-order valence-corrected chi connectivity index (χ2v) is 7.47. The first kappa shape index (κ1) is 20.8. The van der Waals surface area contributed by atoms with E-state index in [1.165, 1.54) is 12.6 Å². The van der Waals surface area contributed by atoms with Crippen molar-refractivity contribution in [3.8, 4) is 17.0 Å². The summed E-state index contributed by atoms with van der Waals surface area (Å²) in [7, 11) is 1.56. The molecular formula is C24H26N4O3. The average molecular weight is 418 g/mol. The molecule has 1 saturated heterocycles. The summed E-state index contributed by atoms with van der Waals surface area (Å²) in [6, 6.07) is 13.7. The third kappa shape index (κ3) is 4.67. The van der Waals surface area contributed by atoms with Crippen LogP contribution in [0.2, 0.25) is 0 Å². The number of benzene rings is 2. The van der Waals surface area contributed by atoms with Crippen LogP contribution in [0.25, 0.3) is 11.3 Å². The largest absolute Gasteiger partial charge is 0.496 e. The predicted molar refractivity (Wildman–Crippen MR) is 122 cm³/mol. The third-order valence-corrected chi connectivity index (χ3v) is 5.33. The monoisotopic (exact) mass is 418 g/mol. The van der Waals surface area contributed by atoms with Crippen molar-refractivity contribution in [3.05, 3.63) is 59.8 Å². The number of nitrogens with zero attached hydrogens (tertiary/aromatic N) is 3. The molecule has 1 N–H and O–H groups in total. The van der Waals surface area contributed by atoms with E-state index in [-0.39, 0.29) is 5.78 Å². The zero-order valence-electron chi connectivity index (χ0n) is 18.0. The van der Waals surface area contributed by atoms with Crippen LogP contribution in [0.15, 0.2) is 48.7 Å². The van der Waals surface area contributed by atoms with Crippen LogP contribution in [0.1, 0.15) is 22.8 Å². The molecule has 0 saturated carbocycles. The molecule has 4 rings (SSSR count). The van der Waals surface area contributed by atoms with E-state index in [4.69, 9.17) is 14.5 Å². The molecule has 3 aromatic rings. The minimum atomic E-state index is -0.0364. The number of morpholine rings is 1. The summed E-state index contributed by atoms with van der Waals surface area (Å²) in [4.78, 5) is 23.2. The van der Waals surface area contributed by atoms with Gasteiger partial charge in [0.25, 0.3) is 0 Å². The fourth-order valence-electron chi connectivity index (χ4n) is 3.63. The number of Topliss-reactive ketones (excluding diaryl/α,β-unsaturated/α-hetero) is 1. The fourth-order valence-corrected chi connectivity index (χ4v) is 3.63. The number of ether oxygens (including phenoxy) is 2. The Morgan fingerprint density at radius 2 is 1.87 bits per heavy atom. The normalized spacial score (nSPS) is 13.7. The van der Waals surface area contributed by atoms with E-state index in [1.54, 1.807) is 19.4 Å². The summed E-state index contributed by atoms with van der Waals surface area (Å²) >= 11 is 0. The number of nitrogens with one attached hydrogen (secondary N) is 1. The summed E-state index contributed by atoms with van der Waals surface area (Å²) in [5.41, 5.74) is 5.24. The Morgan fingerprint density at radius 1 is 1.13 bits per heavy atom. The van der Waals surface area contributed by atoms with Crippen molar-refractivity contribution in [2.75, 3.05) is 43.6 Å². The summed E-state index contributed by atoms with van der Waals surface area (Å²) in [6.07, 6.45) is 1.79. The lowest BCUT2D eigenvalue weighted by atomic mass is 10.0. The van der Waals surface area contributed by atoms with E-state index in [2.05, 4.69) is 27.3 Å². The standard InChI is InChI=1S/C24H26N4O3/c1-16-15-25-24(26-19-5-7-20(8-6-19)28-10-12-31-13-11-28)27-23(16)18-4-9-21(17(2)29)22(14-18)30-3/h4-9,14-15H,10-13H2,1-3H3,(H,25,26,27). The number of aromatic nitrogens is 2. The van der Waals surface area contributed by atoms with Crippen molar-refractivity contribution in [3.63, 3.8) is 0 Å². The van der Waals surface area contributed by atoms with Gasteiger partial charge in [-0.25, -0.2) is 9.97 Å². The van der Waals surface area contributed by atoms with Crippen LogP contribution in [-0.4, -0.2) is 49.2 Å². The number of ketones is 1. The smallest absolute Gasteiger partial charge is 0.227 e. The minimum Gasteiger partial charge on any atom is -0.496 e. The van der Waals surface area contributed by atoms with Gasteiger partial charge in [-0.1, -0.05) is 6.07 Å². The Bertz CT molecular complexity index is 1080. The first-order valence-electron chi connectivity index (χ1n) is 10.3. The van der Waals surface area contributed by atoms with Gasteiger partial charge in [0.2, 0.25) is 5.95 Å². The minimum absolute atomic E-state index is 0.0364. The molecule has 1 aliphatic rings. The van der Waals surface area contributed by atoms with Crippen LogP contribution in [-0.2, 0) is 4.74 Å². The van der Waals surface area contributed by atoms with Crippen molar-refractivity contribution in [2.45, 2.75) is 13.8 Å². The lowest BCUT2D eigenvalue weighted by Gasteiger charge is -2.28. The van der Waals surface area contributed by atoms with Gasteiger partial charge in [-0.15, -0.1) is 0 Å². The molecule has 1 aromatic heterocycles. The highest BCUT2D eigenvalue weighted by Gasteiger charge is 2.14. The Kier molecular flexibility index (Phi) is 6.13. The van der Waals surface area contributed by atoms with Crippen molar-refractivity contribution < 1.29 is 14.3 Å². The quantitative estimate of drug-likeness (QED) is 0.600.